The molecule has 9 heteroatoms. The lowest BCUT2D eigenvalue weighted by Crippen LogP contribution is -2.09. The van der Waals surface area contributed by atoms with Gasteiger partial charge in [0.05, 0.1) is 38.1 Å². The van der Waals surface area contributed by atoms with Gasteiger partial charge in [-0.3, -0.25) is 4.72 Å². The van der Waals surface area contributed by atoms with E-state index in [0.29, 0.717) is 22.8 Å². The molecule has 0 spiro atoms. The summed E-state index contributed by atoms with van der Waals surface area (Å²) in [7, 11) is -0.139. The fourth-order valence-electron chi connectivity index (χ4n) is 3.14. The van der Waals surface area contributed by atoms with Crippen molar-refractivity contribution in [1.29, 1.82) is 0 Å². The van der Waals surface area contributed by atoms with Gasteiger partial charge in [0.15, 0.2) is 17.1 Å². The minimum Gasteiger partial charge on any atom is -0.493 e. The first kappa shape index (κ1) is 19.7. The zero-order chi connectivity index (χ0) is 21.3. The number of imidazole rings is 1. The maximum Gasteiger partial charge on any atom is 0.229 e. The number of rotatable bonds is 6. The molecule has 1 N–H and O–H groups in total. The Morgan fingerprint density at radius 3 is 2.27 bits per heavy atom. The molecule has 2 heterocycles. The van der Waals surface area contributed by atoms with Crippen molar-refractivity contribution in [2.45, 2.75) is 0 Å². The molecule has 0 aliphatic carbocycles. The molecule has 0 aliphatic heterocycles. The highest BCUT2D eigenvalue weighted by molar-refractivity contribution is 7.92. The number of fused-ring (bicyclic) bond motifs is 1. The van der Waals surface area contributed by atoms with Crippen LogP contribution >= 0.6 is 0 Å². The van der Waals surface area contributed by atoms with Crippen LogP contribution in [0.5, 0.6) is 11.5 Å². The second-order valence-corrected chi connectivity index (χ2v) is 8.40. The van der Waals surface area contributed by atoms with Gasteiger partial charge in [0.1, 0.15) is 0 Å². The lowest BCUT2D eigenvalue weighted by Gasteiger charge is -2.10. The Bertz CT molecular complexity index is 1310. The third-order valence-corrected chi connectivity index (χ3v) is 5.13. The van der Waals surface area contributed by atoms with Crippen LogP contribution in [0.4, 0.5) is 5.69 Å². The van der Waals surface area contributed by atoms with Crippen molar-refractivity contribution in [3.63, 3.8) is 0 Å². The Morgan fingerprint density at radius 1 is 0.900 bits per heavy atom. The highest BCUT2D eigenvalue weighted by Gasteiger charge is 2.12. The van der Waals surface area contributed by atoms with Gasteiger partial charge in [-0.2, -0.15) is 5.10 Å². The average Bonchev–Trinajstić information content (AvgIpc) is 3.16. The molecule has 0 fully saturated rings. The smallest absolute Gasteiger partial charge is 0.229 e. The lowest BCUT2D eigenvalue weighted by atomic mass is 10.1. The molecule has 0 saturated carbocycles. The molecule has 0 radical (unpaired) electrons. The zero-order valence-electron chi connectivity index (χ0n) is 16.7. The van der Waals surface area contributed by atoms with E-state index in [9.17, 15) is 8.42 Å². The van der Waals surface area contributed by atoms with Gasteiger partial charge < -0.3 is 9.47 Å². The van der Waals surface area contributed by atoms with Gasteiger partial charge >= 0.3 is 0 Å². The Labute approximate surface area is 174 Å². The van der Waals surface area contributed by atoms with E-state index in [2.05, 4.69) is 9.71 Å². The van der Waals surface area contributed by atoms with E-state index < -0.39 is 10.0 Å². The Hall–Kier alpha value is -3.59. The first-order chi connectivity index (χ1) is 14.4. The van der Waals surface area contributed by atoms with Gasteiger partial charge in [-0.1, -0.05) is 12.1 Å². The molecule has 0 bridgehead atoms. The van der Waals surface area contributed by atoms with Crippen LogP contribution in [0.2, 0.25) is 0 Å². The summed E-state index contributed by atoms with van der Waals surface area (Å²) in [6.07, 6.45) is 2.85. The van der Waals surface area contributed by atoms with E-state index in [1.165, 1.54) is 0 Å². The summed E-state index contributed by atoms with van der Waals surface area (Å²) in [4.78, 5) is 4.42. The number of hydrogen-bond acceptors (Lipinski definition) is 6. The molecule has 0 amide bonds. The van der Waals surface area contributed by atoms with Crippen LogP contribution in [-0.4, -0.2) is 43.5 Å². The van der Waals surface area contributed by atoms with Gasteiger partial charge in [-0.25, -0.2) is 17.9 Å². The Kier molecular flexibility index (Phi) is 5.04. The SMILES string of the molecule is COc1ccc(-c2ccc3ncc(-c4ccc(NS(C)(=O)=O)cc4)n3n2)cc1OC. The van der Waals surface area contributed by atoms with Crippen molar-refractivity contribution in [3.8, 4) is 34.0 Å². The molecule has 8 nitrogen and oxygen atoms in total. The monoisotopic (exact) mass is 424 g/mol. The van der Waals surface area contributed by atoms with Crippen LogP contribution in [0.25, 0.3) is 28.2 Å². The second kappa shape index (κ2) is 7.68. The van der Waals surface area contributed by atoms with Crippen molar-refractivity contribution >= 4 is 21.4 Å². The molecule has 0 unspecified atom stereocenters. The van der Waals surface area contributed by atoms with Crippen LogP contribution in [0.15, 0.2) is 60.8 Å². The van der Waals surface area contributed by atoms with Crippen LogP contribution in [-0.2, 0) is 10.0 Å². The second-order valence-electron chi connectivity index (χ2n) is 6.65. The highest BCUT2D eigenvalue weighted by atomic mass is 32.2. The van der Waals surface area contributed by atoms with Crippen molar-refractivity contribution in [2.24, 2.45) is 0 Å². The summed E-state index contributed by atoms with van der Waals surface area (Å²) < 4.78 is 37.7. The maximum absolute atomic E-state index is 11.4. The van der Waals surface area contributed by atoms with Gasteiger partial charge in [-0.05, 0) is 42.5 Å². The minimum absolute atomic E-state index is 0.494. The van der Waals surface area contributed by atoms with Gasteiger partial charge in [0.2, 0.25) is 10.0 Å². The van der Waals surface area contributed by atoms with E-state index in [-0.39, 0.29) is 0 Å². The number of hydrogen-bond donors (Lipinski definition) is 1. The number of sulfonamides is 1. The van der Waals surface area contributed by atoms with E-state index in [1.807, 2.05) is 42.5 Å². The number of nitrogens with one attached hydrogen (secondary N) is 1. The largest absolute Gasteiger partial charge is 0.493 e. The lowest BCUT2D eigenvalue weighted by molar-refractivity contribution is 0.355. The van der Waals surface area contributed by atoms with Crippen molar-refractivity contribution in [2.75, 3.05) is 25.2 Å². The van der Waals surface area contributed by atoms with Crippen molar-refractivity contribution in [3.05, 3.63) is 60.8 Å². The Balaban J connectivity index is 1.73. The standard InChI is InChI=1S/C21H20N4O4S/c1-28-19-10-6-15(12-20(19)29-2)17-9-11-21-22-13-18(25(21)23-17)14-4-7-16(8-5-14)24-30(3,26)27/h4-13,24H,1-3H3. The van der Waals surface area contributed by atoms with Crippen LogP contribution in [0.3, 0.4) is 0 Å². The van der Waals surface area contributed by atoms with Crippen molar-refractivity contribution in [1.82, 2.24) is 14.6 Å². The molecular formula is C21H20N4O4S. The molecule has 2 aromatic heterocycles. The number of ether oxygens (including phenoxy) is 2. The molecule has 4 rings (SSSR count). The predicted octanol–water partition coefficient (Wildman–Crippen LogP) is 3.45. The number of aromatic nitrogens is 3. The molecule has 0 saturated heterocycles. The van der Waals surface area contributed by atoms with Crippen LogP contribution < -0.4 is 14.2 Å². The zero-order valence-corrected chi connectivity index (χ0v) is 17.5. The van der Waals surface area contributed by atoms with E-state index in [1.54, 1.807) is 37.1 Å². The third kappa shape index (κ3) is 3.92. The molecule has 4 aromatic rings. The first-order valence-electron chi connectivity index (χ1n) is 9.03. The number of methoxy groups -OCH3 is 2. The van der Waals surface area contributed by atoms with Crippen molar-refractivity contribution < 1.29 is 17.9 Å². The molecule has 2 aromatic carbocycles. The summed E-state index contributed by atoms with van der Waals surface area (Å²) in [5.41, 5.74) is 4.47. The highest BCUT2D eigenvalue weighted by Crippen LogP contribution is 2.32. The van der Waals surface area contributed by atoms with Gasteiger partial charge in [-0.15, -0.1) is 0 Å². The number of anilines is 1. The molecular weight excluding hydrogens is 404 g/mol. The molecule has 0 aliphatic rings. The summed E-state index contributed by atoms with van der Waals surface area (Å²) in [6.45, 7) is 0. The molecule has 0 atom stereocenters. The molecule has 30 heavy (non-hydrogen) atoms. The normalized spacial score (nSPS) is 11.4. The van der Waals surface area contributed by atoms with E-state index in [4.69, 9.17) is 14.6 Å². The quantitative estimate of drug-likeness (QED) is 0.509. The average molecular weight is 424 g/mol. The van der Waals surface area contributed by atoms with E-state index >= 15 is 0 Å². The fourth-order valence-corrected chi connectivity index (χ4v) is 3.71. The maximum atomic E-state index is 11.4. The summed E-state index contributed by atoms with van der Waals surface area (Å²) in [6, 6.07) is 16.5. The Morgan fingerprint density at radius 2 is 1.60 bits per heavy atom. The van der Waals surface area contributed by atoms with Gasteiger partial charge in [0.25, 0.3) is 0 Å². The van der Waals surface area contributed by atoms with Crippen LogP contribution in [0.1, 0.15) is 0 Å². The summed E-state index contributed by atoms with van der Waals surface area (Å²) >= 11 is 0. The van der Waals surface area contributed by atoms with Crippen LogP contribution in [0, 0.1) is 0 Å². The predicted molar refractivity (Wildman–Crippen MR) is 115 cm³/mol. The first-order valence-corrected chi connectivity index (χ1v) is 10.9. The van der Waals surface area contributed by atoms with E-state index in [0.717, 1.165) is 28.8 Å². The topological polar surface area (TPSA) is 94.8 Å². The summed E-state index contributed by atoms with van der Waals surface area (Å²) in [5, 5.41) is 4.74. The summed E-state index contributed by atoms with van der Waals surface area (Å²) in [5.74, 6) is 1.27. The fraction of sp³-hybridized carbons (Fsp3) is 0.143. The van der Waals surface area contributed by atoms with Gasteiger partial charge in [0, 0.05) is 16.8 Å². The minimum atomic E-state index is -3.32. The third-order valence-electron chi connectivity index (χ3n) is 4.53. The number of benzene rings is 2. The molecule has 154 valence electrons. The number of nitrogens with zero attached hydrogens (tertiary/aromatic N) is 3.